The van der Waals surface area contributed by atoms with E-state index in [4.69, 9.17) is 16.7 Å². The van der Waals surface area contributed by atoms with Crippen LogP contribution < -0.4 is 0 Å². The summed E-state index contributed by atoms with van der Waals surface area (Å²) in [5.41, 5.74) is 0.0579. The van der Waals surface area contributed by atoms with Gasteiger partial charge in [-0.15, -0.1) is 0 Å². The molecule has 0 fully saturated rings. The van der Waals surface area contributed by atoms with Crippen LogP contribution in [0.5, 0.6) is 5.75 Å². The standard InChI is InChI=1S/C9H10ClFO2/c1-5(12)4-6-8(11)3-2-7(10)9(6)13/h2-3,5,12-13H,4H2,1H3. The maximum Gasteiger partial charge on any atom is 0.140 e. The molecule has 0 aromatic heterocycles. The number of benzene rings is 1. The van der Waals surface area contributed by atoms with E-state index < -0.39 is 11.9 Å². The monoisotopic (exact) mass is 204 g/mol. The molecular formula is C9H10ClFO2. The lowest BCUT2D eigenvalue weighted by Crippen LogP contribution is -2.06. The van der Waals surface area contributed by atoms with Crippen molar-refractivity contribution in [2.75, 3.05) is 0 Å². The van der Waals surface area contributed by atoms with Gasteiger partial charge >= 0.3 is 0 Å². The molecule has 0 bridgehead atoms. The topological polar surface area (TPSA) is 40.5 Å². The molecule has 1 atom stereocenters. The highest BCUT2D eigenvalue weighted by Crippen LogP contribution is 2.30. The van der Waals surface area contributed by atoms with Crippen LogP contribution in [0.3, 0.4) is 0 Å². The second-order valence-corrected chi connectivity index (χ2v) is 3.32. The van der Waals surface area contributed by atoms with Gasteiger partial charge in [-0.1, -0.05) is 11.6 Å². The number of hydrogen-bond donors (Lipinski definition) is 2. The highest BCUT2D eigenvalue weighted by molar-refractivity contribution is 6.32. The maximum absolute atomic E-state index is 13.1. The number of rotatable bonds is 2. The lowest BCUT2D eigenvalue weighted by molar-refractivity contribution is 0.192. The van der Waals surface area contributed by atoms with Gasteiger partial charge in [-0.2, -0.15) is 0 Å². The maximum atomic E-state index is 13.1. The highest BCUT2D eigenvalue weighted by Gasteiger charge is 2.13. The van der Waals surface area contributed by atoms with Crippen molar-refractivity contribution in [1.82, 2.24) is 0 Å². The number of phenols is 1. The summed E-state index contributed by atoms with van der Waals surface area (Å²) in [6.45, 7) is 1.51. The van der Waals surface area contributed by atoms with Crippen molar-refractivity contribution in [2.24, 2.45) is 0 Å². The van der Waals surface area contributed by atoms with E-state index in [9.17, 15) is 9.50 Å². The predicted octanol–water partition coefficient (Wildman–Crippen LogP) is 2.11. The molecule has 2 N–H and O–H groups in total. The molecule has 4 heteroatoms. The molecule has 0 saturated carbocycles. The molecule has 0 amide bonds. The second kappa shape index (κ2) is 3.94. The fourth-order valence-electron chi connectivity index (χ4n) is 1.07. The van der Waals surface area contributed by atoms with Crippen LogP contribution in [0.4, 0.5) is 4.39 Å². The molecule has 0 heterocycles. The molecule has 0 aliphatic carbocycles. The number of aromatic hydroxyl groups is 1. The van der Waals surface area contributed by atoms with Gasteiger partial charge in [0, 0.05) is 12.0 Å². The Bertz CT molecular complexity index is 313. The first-order chi connectivity index (χ1) is 6.02. The molecule has 0 radical (unpaired) electrons. The van der Waals surface area contributed by atoms with Gasteiger partial charge in [-0.25, -0.2) is 4.39 Å². The third kappa shape index (κ3) is 2.32. The lowest BCUT2D eigenvalue weighted by Gasteiger charge is -2.08. The molecule has 72 valence electrons. The van der Waals surface area contributed by atoms with Crippen LogP contribution in [0, 0.1) is 5.82 Å². The summed E-state index contributed by atoms with van der Waals surface area (Å²) in [5, 5.41) is 18.5. The first-order valence-corrected chi connectivity index (χ1v) is 4.24. The fraction of sp³-hybridized carbons (Fsp3) is 0.333. The molecule has 1 rings (SSSR count). The van der Waals surface area contributed by atoms with E-state index in [1.807, 2.05) is 0 Å². The average Bonchev–Trinajstić information content (AvgIpc) is 2.05. The van der Waals surface area contributed by atoms with E-state index in [2.05, 4.69) is 0 Å². The van der Waals surface area contributed by atoms with Gasteiger partial charge in [-0.05, 0) is 19.1 Å². The largest absolute Gasteiger partial charge is 0.506 e. The van der Waals surface area contributed by atoms with Gasteiger partial charge in [0.2, 0.25) is 0 Å². The van der Waals surface area contributed by atoms with E-state index in [0.29, 0.717) is 0 Å². The molecule has 0 saturated heterocycles. The summed E-state index contributed by atoms with van der Waals surface area (Å²) in [6.07, 6.45) is -0.656. The van der Waals surface area contributed by atoms with Crippen LogP contribution in [0.1, 0.15) is 12.5 Å². The minimum absolute atomic E-state index is 0.0538. The smallest absolute Gasteiger partial charge is 0.140 e. The summed E-state index contributed by atoms with van der Waals surface area (Å²) in [5.74, 6) is -0.842. The van der Waals surface area contributed by atoms with Crippen molar-refractivity contribution in [3.63, 3.8) is 0 Å². The van der Waals surface area contributed by atoms with E-state index in [1.165, 1.54) is 19.1 Å². The molecule has 2 nitrogen and oxygen atoms in total. The Morgan fingerprint density at radius 1 is 1.54 bits per heavy atom. The van der Waals surface area contributed by atoms with Crippen LogP contribution in [-0.4, -0.2) is 16.3 Å². The SMILES string of the molecule is CC(O)Cc1c(F)ccc(Cl)c1O. The number of phenolic OH excluding ortho intramolecular Hbond substituents is 1. The Hall–Kier alpha value is -0.800. The molecule has 1 aromatic carbocycles. The van der Waals surface area contributed by atoms with Crippen molar-refractivity contribution < 1.29 is 14.6 Å². The zero-order valence-electron chi connectivity index (χ0n) is 7.09. The number of halogens is 2. The Kier molecular flexibility index (Phi) is 3.12. The summed E-state index contributed by atoms with van der Waals surface area (Å²) >= 11 is 5.57. The minimum Gasteiger partial charge on any atom is -0.506 e. The third-order valence-corrected chi connectivity index (χ3v) is 1.98. The second-order valence-electron chi connectivity index (χ2n) is 2.91. The van der Waals surface area contributed by atoms with Crippen molar-refractivity contribution in [3.8, 4) is 5.75 Å². The average molecular weight is 205 g/mol. The summed E-state index contributed by atoms with van der Waals surface area (Å²) in [4.78, 5) is 0. The predicted molar refractivity (Wildman–Crippen MR) is 48.5 cm³/mol. The molecule has 0 aliphatic rings. The van der Waals surface area contributed by atoms with Gasteiger partial charge in [0.25, 0.3) is 0 Å². The molecule has 0 spiro atoms. The van der Waals surface area contributed by atoms with Crippen LogP contribution in [0.25, 0.3) is 0 Å². The van der Waals surface area contributed by atoms with Gasteiger partial charge < -0.3 is 10.2 Å². The molecule has 0 aliphatic heterocycles. The van der Waals surface area contributed by atoms with Gasteiger partial charge in [-0.3, -0.25) is 0 Å². The summed E-state index contributed by atoms with van der Waals surface area (Å²) in [6, 6.07) is 2.44. The number of aliphatic hydroxyl groups excluding tert-OH is 1. The van der Waals surface area contributed by atoms with E-state index >= 15 is 0 Å². The van der Waals surface area contributed by atoms with Crippen LogP contribution in [-0.2, 0) is 6.42 Å². The van der Waals surface area contributed by atoms with Gasteiger partial charge in [0.1, 0.15) is 11.6 Å². The quantitative estimate of drug-likeness (QED) is 0.775. The number of hydrogen-bond acceptors (Lipinski definition) is 2. The van der Waals surface area contributed by atoms with Crippen LogP contribution in [0.2, 0.25) is 5.02 Å². The van der Waals surface area contributed by atoms with Crippen LogP contribution in [0.15, 0.2) is 12.1 Å². The van der Waals surface area contributed by atoms with E-state index in [0.717, 1.165) is 0 Å². The van der Waals surface area contributed by atoms with Crippen LogP contribution >= 0.6 is 11.6 Å². The Labute approximate surface area is 80.6 Å². The molecule has 1 unspecified atom stereocenters. The summed E-state index contributed by atoms with van der Waals surface area (Å²) in [7, 11) is 0. The third-order valence-electron chi connectivity index (χ3n) is 1.68. The van der Waals surface area contributed by atoms with Crippen molar-refractivity contribution >= 4 is 11.6 Å². The van der Waals surface area contributed by atoms with E-state index in [1.54, 1.807) is 0 Å². The van der Waals surface area contributed by atoms with Crippen molar-refractivity contribution in [2.45, 2.75) is 19.4 Å². The Balaban J connectivity index is 3.10. The normalized spacial score (nSPS) is 12.9. The molecule has 13 heavy (non-hydrogen) atoms. The lowest BCUT2D eigenvalue weighted by atomic mass is 10.1. The van der Waals surface area contributed by atoms with Gasteiger partial charge in [0.05, 0.1) is 11.1 Å². The van der Waals surface area contributed by atoms with Crippen molar-refractivity contribution in [3.05, 3.63) is 28.5 Å². The zero-order chi connectivity index (χ0) is 10.0. The molecule has 1 aromatic rings. The highest BCUT2D eigenvalue weighted by atomic mass is 35.5. The fourth-order valence-corrected chi connectivity index (χ4v) is 1.25. The first-order valence-electron chi connectivity index (χ1n) is 3.86. The Morgan fingerprint density at radius 3 is 2.69 bits per heavy atom. The van der Waals surface area contributed by atoms with Crippen molar-refractivity contribution in [1.29, 1.82) is 0 Å². The molecular weight excluding hydrogens is 195 g/mol. The minimum atomic E-state index is -0.709. The van der Waals surface area contributed by atoms with Gasteiger partial charge in [0.15, 0.2) is 0 Å². The zero-order valence-corrected chi connectivity index (χ0v) is 7.85. The first kappa shape index (κ1) is 10.3. The summed E-state index contributed by atoms with van der Waals surface area (Å²) < 4.78 is 13.1. The Morgan fingerprint density at radius 2 is 2.15 bits per heavy atom. The van der Waals surface area contributed by atoms with E-state index in [-0.39, 0.29) is 22.8 Å². The number of aliphatic hydroxyl groups is 1.